The van der Waals surface area contributed by atoms with E-state index in [0.717, 1.165) is 0 Å². The average Bonchev–Trinajstić information content (AvgIpc) is 2.08. The van der Waals surface area contributed by atoms with Crippen LogP contribution in [0.4, 0.5) is 11.4 Å². The Morgan fingerprint density at radius 2 is 2.14 bits per heavy atom. The predicted octanol–water partition coefficient (Wildman–Crippen LogP) is 2.03. The van der Waals surface area contributed by atoms with Gasteiger partial charge in [-0.25, -0.2) is 0 Å². The van der Waals surface area contributed by atoms with Crippen LogP contribution in [0.25, 0.3) is 0 Å². The summed E-state index contributed by atoms with van der Waals surface area (Å²) in [6.07, 6.45) is 0. The zero-order valence-electron chi connectivity index (χ0n) is 7.28. The Balaban J connectivity index is 3.53. The standard InChI is InChI=1S/C8H7ClN2O3/c1-4(12)5-2-3-6(9)7(10)8(5)11(13)14/h2-3H,10H2,1H3. The highest BCUT2D eigenvalue weighted by atomic mass is 35.5. The number of rotatable bonds is 2. The van der Waals surface area contributed by atoms with Gasteiger partial charge in [-0.05, 0) is 19.1 Å². The second-order valence-corrected chi connectivity index (χ2v) is 3.08. The van der Waals surface area contributed by atoms with Crippen molar-refractivity contribution in [3.63, 3.8) is 0 Å². The molecule has 1 aromatic rings. The molecule has 0 aliphatic heterocycles. The maximum absolute atomic E-state index is 11.0. The van der Waals surface area contributed by atoms with Crippen molar-refractivity contribution in [2.24, 2.45) is 0 Å². The zero-order chi connectivity index (χ0) is 10.9. The third-order valence-electron chi connectivity index (χ3n) is 1.73. The molecule has 0 aliphatic carbocycles. The van der Waals surface area contributed by atoms with Crippen molar-refractivity contribution in [2.75, 3.05) is 5.73 Å². The van der Waals surface area contributed by atoms with Crippen LogP contribution in [0, 0.1) is 10.1 Å². The lowest BCUT2D eigenvalue weighted by Crippen LogP contribution is -2.04. The Kier molecular flexibility index (Phi) is 2.71. The molecule has 0 saturated carbocycles. The van der Waals surface area contributed by atoms with Gasteiger partial charge < -0.3 is 5.73 Å². The lowest BCUT2D eigenvalue weighted by atomic mass is 10.1. The molecule has 74 valence electrons. The Labute approximate surface area is 84.6 Å². The molecule has 2 N–H and O–H groups in total. The summed E-state index contributed by atoms with van der Waals surface area (Å²) in [4.78, 5) is 20.9. The van der Waals surface area contributed by atoms with Crippen LogP contribution in [0.5, 0.6) is 0 Å². The minimum atomic E-state index is -0.710. The number of halogens is 1. The number of nitro groups is 1. The Hall–Kier alpha value is -1.62. The summed E-state index contributed by atoms with van der Waals surface area (Å²) in [7, 11) is 0. The van der Waals surface area contributed by atoms with Crippen LogP contribution >= 0.6 is 11.6 Å². The molecule has 0 unspecified atom stereocenters. The molecule has 14 heavy (non-hydrogen) atoms. The molecule has 0 heterocycles. The highest BCUT2D eigenvalue weighted by Gasteiger charge is 2.22. The molecular weight excluding hydrogens is 208 g/mol. The minimum Gasteiger partial charge on any atom is -0.392 e. The maximum Gasteiger partial charge on any atom is 0.304 e. The molecule has 0 aliphatic rings. The number of benzene rings is 1. The van der Waals surface area contributed by atoms with Crippen molar-refractivity contribution in [3.8, 4) is 0 Å². The zero-order valence-corrected chi connectivity index (χ0v) is 8.04. The molecule has 0 bridgehead atoms. The van der Waals surface area contributed by atoms with E-state index in [1.54, 1.807) is 0 Å². The van der Waals surface area contributed by atoms with E-state index in [4.69, 9.17) is 17.3 Å². The first kappa shape index (κ1) is 10.5. The topological polar surface area (TPSA) is 86.2 Å². The number of nitrogens with zero attached hydrogens (tertiary/aromatic N) is 1. The molecular formula is C8H7ClN2O3. The van der Waals surface area contributed by atoms with E-state index >= 15 is 0 Å². The molecule has 1 rings (SSSR count). The molecule has 6 heteroatoms. The first-order chi connectivity index (χ1) is 6.45. The van der Waals surface area contributed by atoms with Gasteiger partial charge in [0.15, 0.2) is 5.78 Å². The van der Waals surface area contributed by atoms with E-state index in [-0.39, 0.29) is 16.3 Å². The Morgan fingerprint density at radius 3 is 2.57 bits per heavy atom. The van der Waals surface area contributed by atoms with Gasteiger partial charge in [0.2, 0.25) is 0 Å². The summed E-state index contributed by atoms with van der Waals surface area (Å²) in [5.41, 5.74) is 4.76. The number of carbonyl (C=O) groups excluding carboxylic acids is 1. The summed E-state index contributed by atoms with van der Waals surface area (Å²) in [6.45, 7) is 1.23. The van der Waals surface area contributed by atoms with Crippen molar-refractivity contribution in [1.82, 2.24) is 0 Å². The normalized spacial score (nSPS) is 9.86. The molecule has 0 atom stereocenters. The number of hydrogen-bond acceptors (Lipinski definition) is 4. The first-order valence-electron chi connectivity index (χ1n) is 3.68. The molecule has 0 fully saturated rings. The van der Waals surface area contributed by atoms with Crippen LogP contribution in [0.1, 0.15) is 17.3 Å². The fraction of sp³-hybridized carbons (Fsp3) is 0.125. The lowest BCUT2D eigenvalue weighted by Gasteiger charge is -2.03. The fourth-order valence-corrected chi connectivity index (χ4v) is 1.22. The first-order valence-corrected chi connectivity index (χ1v) is 4.06. The SMILES string of the molecule is CC(=O)c1ccc(Cl)c(N)c1[N+](=O)[O-]. The number of carbonyl (C=O) groups is 1. The summed E-state index contributed by atoms with van der Waals surface area (Å²) in [5, 5.41) is 10.7. The molecule has 5 nitrogen and oxygen atoms in total. The van der Waals surface area contributed by atoms with Crippen LogP contribution in [0.3, 0.4) is 0 Å². The third kappa shape index (κ3) is 1.67. The number of nitrogens with two attached hydrogens (primary N) is 1. The number of anilines is 1. The maximum atomic E-state index is 11.0. The van der Waals surface area contributed by atoms with Gasteiger partial charge in [0.25, 0.3) is 0 Å². The van der Waals surface area contributed by atoms with Crippen LogP contribution in [0.15, 0.2) is 12.1 Å². The molecule has 0 radical (unpaired) electrons. The van der Waals surface area contributed by atoms with Gasteiger partial charge in [-0.2, -0.15) is 0 Å². The fourth-order valence-electron chi connectivity index (χ4n) is 1.06. The third-order valence-corrected chi connectivity index (χ3v) is 2.06. The monoisotopic (exact) mass is 214 g/mol. The van der Waals surface area contributed by atoms with Crippen LogP contribution in [-0.2, 0) is 0 Å². The number of nitro benzene ring substituents is 1. The van der Waals surface area contributed by atoms with Crippen LogP contribution < -0.4 is 5.73 Å². The number of hydrogen-bond donors (Lipinski definition) is 1. The molecule has 0 amide bonds. The summed E-state index contributed by atoms with van der Waals surface area (Å²) in [5.74, 6) is -0.417. The smallest absolute Gasteiger partial charge is 0.304 e. The highest BCUT2D eigenvalue weighted by molar-refractivity contribution is 6.34. The predicted molar refractivity (Wildman–Crippen MR) is 52.5 cm³/mol. The molecule has 0 spiro atoms. The minimum absolute atomic E-state index is 0.0306. The summed E-state index contributed by atoms with van der Waals surface area (Å²) < 4.78 is 0. The van der Waals surface area contributed by atoms with Gasteiger partial charge in [0, 0.05) is 0 Å². The molecule has 0 saturated heterocycles. The second-order valence-electron chi connectivity index (χ2n) is 2.67. The quantitative estimate of drug-likeness (QED) is 0.353. The van der Waals surface area contributed by atoms with Crippen molar-refractivity contribution in [1.29, 1.82) is 0 Å². The average molecular weight is 215 g/mol. The molecule has 1 aromatic carbocycles. The van der Waals surface area contributed by atoms with Crippen molar-refractivity contribution >= 4 is 28.8 Å². The molecule has 0 aromatic heterocycles. The second kappa shape index (κ2) is 3.63. The van der Waals surface area contributed by atoms with E-state index in [1.807, 2.05) is 0 Å². The van der Waals surface area contributed by atoms with Gasteiger partial charge in [-0.1, -0.05) is 11.6 Å². The Morgan fingerprint density at radius 1 is 1.57 bits per heavy atom. The largest absolute Gasteiger partial charge is 0.392 e. The van der Waals surface area contributed by atoms with Gasteiger partial charge in [-0.3, -0.25) is 14.9 Å². The highest BCUT2D eigenvalue weighted by Crippen LogP contribution is 2.32. The van der Waals surface area contributed by atoms with E-state index in [0.29, 0.717) is 0 Å². The number of ketones is 1. The van der Waals surface area contributed by atoms with E-state index in [1.165, 1.54) is 19.1 Å². The van der Waals surface area contributed by atoms with E-state index in [9.17, 15) is 14.9 Å². The van der Waals surface area contributed by atoms with Crippen molar-refractivity contribution in [2.45, 2.75) is 6.92 Å². The lowest BCUT2D eigenvalue weighted by molar-refractivity contribution is -0.384. The van der Waals surface area contributed by atoms with Gasteiger partial charge in [0.05, 0.1) is 15.5 Å². The van der Waals surface area contributed by atoms with Crippen molar-refractivity contribution in [3.05, 3.63) is 32.8 Å². The summed E-state index contributed by atoms with van der Waals surface area (Å²) >= 11 is 5.59. The number of Topliss-reactive ketones (excluding diaryl/α,β-unsaturated/α-hetero) is 1. The van der Waals surface area contributed by atoms with Gasteiger partial charge >= 0.3 is 5.69 Å². The van der Waals surface area contributed by atoms with Gasteiger partial charge in [-0.15, -0.1) is 0 Å². The van der Waals surface area contributed by atoms with Gasteiger partial charge in [0.1, 0.15) is 5.69 Å². The Bertz CT molecular complexity index is 417. The van der Waals surface area contributed by atoms with E-state index in [2.05, 4.69) is 0 Å². The van der Waals surface area contributed by atoms with Crippen LogP contribution in [-0.4, -0.2) is 10.7 Å². The van der Waals surface area contributed by atoms with Crippen LogP contribution in [0.2, 0.25) is 5.02 Å². The summed E-state index contributed by atoms with van der Waals surface area (Å²) in [6, 6.07) is 2.65. The van der Waals surface area contributed by atoms with Crippen molar-refractivity contribution < 1.29 is 9.72 Å². The van der Waals surface area contributed by atoms with E-state index < -0.39 is 16.4 Å². The number of nitrogen functional groups attached to an aromatic ring is 1.